The monoisotopic (exact) mass is 399 g/mol. The summed E-state index contributed by atoms with van der Waals surface area (Å²) in [6.45, 7) is 4.07. The predicted molar refractivity (Wildman–Crippen MR) is 86.7 cm³/mol. The Balaban J connectivity index is 3.05. The Kier molecular flexibility index (Phi) is 17.0. The van der Waals surface area contributed by atoms with Crippen LogP contribution in [-0.4, -0.2) is 83.7 Å². The third-order valence-corrected chi connectivity index (χ3v) is 2.99. The Bertz CT molecular complexity index is 277. The second kappa shape index (κ2) is 17.6. The highest BCUT2D eigenvalue weighted by Crippen LogP contribution is 1.87. The Labute approximate surface area is 145 Å². The predicted octanol–water partition coefficient (Wildman–Crippen LogP) is 0.127. The molecule has 0 saturated carbocycles. The zero-order valence-electron chi connectivity index (χ0n) is 13.5. The van der Waals surface area contributed by atoms with E-state index < -0.39 is 0 Å². The van der Waals surface area contributed by atoms with Crippen LogP contribution in [0.2, 0.25) is 0 Å². The molecule has 0 aromatic carbocycles. The van der Waals surface area contributed by atoms with E-state index in [0.29, 0.717) is 64.7 Å². The molecule has 9 heteroatoms. The molecule has 0 heterocycles. The van der Waals surface area contributed by atoms with Crippen molar-refractivity contribution in [2.24, 2.45) is 0 Å². The van der Waals surface area contributed by atoms with Crippen LogP contribution in [0.4, 0.5) is 0 Å². The van der Waals surface area contributed by atoms with Gasteiger partial charge >= 0.3 is 5.97 Å². The van der Waals surface area contributed by atoms with Crippen molar-refractivity contribution in [1.29, 1.82) is 0 Å². The summed E-state index contributed by atoms with van der Waals surface area (Å²) < 4.78 is 25.6. The van der Waals surface area contributed by atoms with Crippen LogP contribution < -0.4 is 5.32 Å². The molecule has 0 aromatic heterocycles. The fourth-order valence-corrected chi connectivity index (χ4v) is 1.53. The van der Waals surface area contributed by atoms with Gasteiger partial charge in [-0.1, -0.05) is 15.9 Å². The first kappa shape index (κ1) is 22.3. The number of methoxy groups -OCH3 is 1. The lowest BCUT2D eigenvalue weighted by Crippen LogP contribution is -2.28. The summed E-state index contributed by atoms with van der Waals surface area (Å²) in [7, 11) is 1.35. The lowest BCUT2D eigenvalue weighted by Gasteiger charge is -2.07. The van der Waals surface area contributed by atoms with Gasteiger partial charge < -0.3 is 29.0 Å². The lowest BCUT2D eigenvalue weighted by atomic mass is 10.5. The first-order chi connectivity index (χ1) is 11.2. The van der Waals surface area contributed by atoms with E-state index in [2.05, 4.69) is 26.0 Å². The average molecular weight is 400 g/mol. The van der Waals surface area contributed by atoms with Crippen LogP contribution in [0.3, 0.4) is 0 Å². The number of ether oxygens (including phenoxy) is 5. The quantitative estimate of drug-likeness (QED) is 0.224. The molecular formula is C14H26BrNO7. The second-order valence-corrected chi connectivity index (χ2v) is 4.82. The summed E-state index contributed by atoms with van der Waals surface area (Å²) in [4.78, 5) is 21.7. The lowest BCUT2D eigenvalue weighted by molar-refractivity contribution is -0.142. The molecular weight excluding hydrogens is 374 g/mol. The molecule has 8 nitrogen and oxygen atoms in total. The number of esters is 1. The molecule has 0 aromatic rings. The number of halogens is 1. The smallest absolute Gasteiger partial charge is 0.307 e. The van der Waals surface area contributed by atoms with Gasteiger partial charge in [0.15, 0.2) is 0 Å². The number of alkyl halides is 1. The Morgan fingerprint density at radius 1 is 0.826 bits per heavy atom. The van der Waals surface area contributed by atoms with Gasteiger partial charge in [-0.25, -0.2) is 0 Å². The summed E-state index contributed by atoms with van der Waals surface area (Å²) in [5, 5.41) is 2.97. The van der Waals surface area contributed by atoms with E-state index in [1.165, 1.54) is 7.11 Å². The average Bonchev–Trinajstić information content (AvgIpc) is 2.57. The number of amides is 1. The van der Waals surface area contributed by atoms with Crippen LogP contribution in [0.1, 0.15) is 6.42 Å². The maximum atomic E-state index is 10.9. The van der Waals surface area contributed by atoms with Crippen LogP contribution in [0, 0.1) is 0 Å². The second-order valence-electron chi connectivity index (χ2n) is 4.26. The van der Waals surface area contributed by atoms with Crippen LogP contribution in [-0.2, 0) is 33.3 Å². The van der Waals surface area contributed by atoms with Gasteiger partial charge in [0.25, 0.3) is 0 Å². The summed E-state index contributed by atoms with van der Waals surface area (Å²) >= 11 is 3.05. The molecule has 0 aliphatic carbocycles. The van der Waals surface area contributed by atoms with Crippen molar-refractivity contribution in [3.8, 4) is 0 Å². The maximum Gasteiger partial charge on any atom is 0.307 e. The molecule has 0 unspecified atom stereocenters. The van der Waals surface area contributed by atoms with Crippen LogP contribution in [0.25, 0.3) is 0 Å². The van der Waals surface area contributed by atoms with Gasteiger partial charge in [0.2, 0.25) is 5.91 Å². The largest absolute Gasteiger partial charge is 0.469 e. The van der Waals surface area contributed by atoms with E-state index in [4.69, 9.17) is 18.9 Å². The summed E-state index contributed by atoms with van der Waals surface area (Å²) in [6, 6.07) is 0. The first-order valence-corrected chi connectivity index (χ1v) is 8.53. The minimum Gasteiger partial charge on any atom is -0.469 e. The SMILES string of the molecule is COC(=O)CCOCCOCCOCCOCCNC(=O)CBr. The molecule has 0 bridgehead atoms. The van der Waals surface area contributed by atoms with Crippen LogP contribution in [0.15, 0.2) is 0 Å². The van der Waals surface area contributed by atoms with Crippen molar-refractivity contribution >= 4 is 27.8 Å². The maximum absolute atomic E-state index is 10.9. The number of hydrogen-bond acceptors (Lipinski definition) is 7. The molecule has 0 radical (unpaired) electrons. The molecule has 1 amide bonds. The fourth-order valence-electron chi connectivity index (χ4n) is 1.33. The summed E-state index contributed by atoms with van der Waals surface area (Å²) in [5.74, 6) is -0.344. The van der Waals surface area contributed by atoms with Crippen molar-refractivity contribution in [1.82, 2.24) is 5.32 Å². The number of rotatable bonds is 16. The van der Waals surface area contributed by atoms with E-state index in [9.17, 15) is 9.59 Å². The molecule has 1 N–H and O–H groups in total. The third-order valence-electron chi connectivity index (χ3n) is 2.48. The minimum absolute atomic E-state index is 0.0590. The summed E-state index contributed by atoms with van der Waals surface area (Å²) in [5.41, 5.74) is 0. The zero-order chi connectivity index (χ0) is 17.2. The normalized spacial score (nSPS) is 10.5. The number of carbonyl (C=O) groups is 2. The van der Waals surface area contributed by atoms with E-state index in [1.807, 2.05) is 0 Å². The van der Waals surface area contributed by atoms with Crippen LogP contribution >= 0.6 is 15.9 Å². The fraction of sp³-hybridized carbons (Fsp3) is 0.857. The van der Waals surface area contributed by atoms with Crippen molar-refractivity contribution in [2.75, 3.05) is 71.8 Å². The molecule has 0 fully saturated rings. The van der Waals surface area contributed by atoms with Gasteiger partial charge in [-0.05, 0) is 0 Å². The Hall–Kier alpha value is -0.740. The Morgan fingerprint density at radius 3 is 1.78 bits per heavy atom. The molecule has 0 aliphatic rings. The highest BCUT2D eigenvalue weighted by molar-refractivity contribution is 9.09. The topological polar surface area (TPSA) is 92.3 Å². The molecule has 23 heavy (non-hydrogen) atoms. The van der Waals surface area contributed by atoms with E-state index >= 15 is 0 Å². The van der Waals surface area contributed by atoms with Crippen molar-refractivity contribution in [3.05, 3.63) is 0 Å². The minimum atomic E-state index is -0.285. The highest BCUT2D eigenvalue weighted by atomic mass is 79.9. The van der Waals surface area contributed by atoms with Gasteiger partial charge in [-0.15, -0.1) is 0 Å². The van der Waals surface area contributed by atoms with E-state index in [1.54, 1.807) is 0 Å². The Morgan fingerprint density at radius 2 is 1.30 bits per heavy atom. The number of carbonyl (C=O) groups excluding carboxylic acids is 2. The molecule has 0 aliphatic heterocycles. The van der Waals surface area contributed by atoms with Gasteiger partial charge in [0, 0.05) is 6.54 Å². The standard InChI is InChI=1S/C14H26BrNO7/c1-19-14(18)2-4-20-6-8-22-10-11-23-9-7-21-5-3-16-13(17)12-15/h2-12H2,1H3,(H,16,17). The number of hydrogen-bond donors (Lipinski definition) is 1. The van der Waals surface area contributed by atoms with Crippen molar-refractivity contribution < 1.29 is 33.3 Å². The molecule has 0 rings (SSSR count). The van der Waals surface area contributed by atoms with Gasteiger partial charge in [-0.3, -0.25) is 9.59 Å². The van der Waals surface area contributed by atoms with E-state index in [0.717, 1.165) is 0 Å². The van der Waals surface area contributed by atoms with Crippen molar-refractivity contribution in [3.63, 3.8) is 0 Å². The highest BCUT2D eigenvalue weighted by Gasteiger charge is 1.99. The van der Waals surface area contributed by atoms with Gasteiger partial charge in [0.05, 0.1) is 71.7 Å². The molecule has 0 atom stereocenters. The summed E-state index contributed by atoms with van der Waals surface area (Å²) in [6.07, 6.45) is 0.249. The van der Waals surface area contributed by atoms with E-state index in [-0.39, 0.29) is 18.3 Å². The first-order valence-electron chi connectivity index (χ1n) is 7.41. The zero-order valence-corrected chi connectivity index (χ0v) is 15.1. The number of nitrogens with one attached hydrogen (secondary N) is 1. The third kappa shape index (κ3) is 17.4. The molecule has 136 valence electrons. The van der Waals surface area contributed by atoms with Gasteiger partial charge in [0.1, 0.15) is 0 Å². The van der Waals surface area contributed by atoms with Gasteiger partial charge in [-0.2, -0.15) is 0 Å². The van der Waals surface area contributed by atoms with Crippen molar-refractivity contribution in [2.45, 2.75) is 6.42 Å². The van der Waals surface area contributed by atoms with Crippen LogP contribution in [0.5, 0.6) is 0 Å². The molecule has 0 spiro atoms. The molecule has 0 saturated heterocycles.